The summed E-state index contributed by atoms with van der Waals surface area (Å²) in [6, 6.07) is 6.62. The number of hydrogen-bond acceptors (Lipinski definition) is 4. The standard InChI is InChI=1S/C17H28N2O3.ClH/c1-11(2)22-13-8-6-7-12(9-13)14(20)10-19-16(21)15(18)17(3,4)5;/h6-9,11,14-15,20H,10,18H2,1-5H3,(H,19,21);1H/t14?,15-;/m1./s1. The summed E-state index contributed by atoms with van der Waals surface area (Å²) in [6.07, 6.45) is -0.733. The van der Waals surface area contributed by atoms with Gasteiger partial charge < -0.3 is 20.9 Å². The summed E-state index contributed by atoms with van der Waals surface area (Å²) >= 11 is 0. The van der Waals surface area contributed by atoms with Crippen molar-refractivity contribution in [3.8, 4) is 5.75 Å². The molecule has 0 aliphatic heterocycles. The van der Waals surface area contributed by atoms with E-state index >= 15 is 0 Å². The van der Waals surface area contributed by atoms with E-state index in [2.05, 4.69) is 5.32 Å². The van der Waals surface area contributed by atoms with E-state index in [0.717, 1.165) is 0 Å². The summed E-state index contributed by atoms with van der Waals surface area (Å²) in [5, 5.41) is 12.9. The molecule has 1 aromatic rings. The van der Waals surface area contributed by atoms with Crippen LogP contribution in [0.15, 0.2) is 24.3 Å². The molecule has 0 aliphatic rings. The number of nitrogens with one attached hydrogen (secondary N) is 1. The molecule has 0 heterocycles. The molecular formula is C17H29ClN2O3. The van der Waals surface area contributed by atoms with Crippen LogP contribution in [0.4, 0.5) is 0 Å². The van der Waals surface area contributed by atoms with Crippen molar-refractivity contribution in [1.82, 2.24) is 5.32 Å². The van der Waals surface area contributed by atoms with E-state index in [-0.39, 0.29) is 36.4 Å². The molecule has 0 saturated heterocycles. The van der Waals surface area contributed by atoms with Crippen molar-refractivity contribution in [1.29, 1.82) is 0 Å². The van der Waals surface area contributed by atoms with E-state index in [0.29, 0.717) is 11.3 Å². The van der Waals surface area contributed by atoms with Crippen LogP contribution in [0.3, 0.4) is 0 Å². The zero-order chi connectivity index (χ0) is 16.9. The number of carbonyl (C=O) groups is 1. The van der Waals surface area contributed by atoms with E-state index < -0.39 is 12.1 Å². The fraction of sp³-hybridized carbons (Fsp3) is 0.588. The van der Waals surface area contributed by atoms with Gasteiger partial charge in [0.05, 0.1) is 18.2 Å². The number of aliphatic hydroxyl groups is 1. The Morgan fingerprint density at radius 3 is 2.48 bits per heavy atom. The van der Waals surface area contributed by atoms with Crippen LogP contribution in [0, 0.1) is 5.41 Å². The third kappa shape index (κ3) is 7.20. The van der Waals surface area contributed by atoms with Crippen molar-refractivity contribution in [2.45, 2.75) is 52.9 Å². The van der Waals surface area contributed by atoms with Crippen molar-refractivity contribution in [2.24, 2.45) is 11.1 Å². The highest BCUT2D eigenvalue weighted by molar-refractivity contribution is 5.85. The summed E-state index contributed by atoms with van der Waals surface area (Å²) in [5.74, 6) is 0.436. The second-order valence-electron chi connectivity index (χ2n) is 6.84. The first-order chi connectivity index (χ1) is 10.1. The molecule has 2 atom stereocenters. The third-order valence-electron chi connectivity index (χ3n) is 3.30. The molecular weight excluding hydrogens is 316 g/mol. The van der Waals surface area contributed by atoms with E-state index in [9.17, 15) is 9.90 Å². The topological polar surface area (TPSA) is 84.6 Å². The fourth-order valence-electron chi connectivity index (χ4n) is 1.89. The predicted molar refractivity (Wildman–Crippen MR) is 94.9 cm³/mol. The average molecular weight is 345 g/mol. The molecule has 1 amide bonds. The molecule has 0 fully saturated rings. The van der Waals surface area contributed by atoms with Crippen molar-refractivity contribution in [2.75, 3.05) is 6.54 Å². The van der Waals surface area contributed by atoms with Gasteiger partial charge in [-0.2, -0.15) is 0 Å². The zero-order valence-corrected chi connectivity index (χ0v) is 15.3. The Kier molecular flexibility index (Phi) is 8.59. The first-order valence-electron chi connectivity index (χ1n) is 7.59. The summed E-state index contributed by atoms with van der Waals surface area (Å²) < 4.78 is 5.60. The maximum atomic E-state index is 12.0. The normalized spacial score (nSPS) is 13.9. The average Bonchev–Trinajstić information content (AvgIpc) is 2.42. The molecule has 0 spiro atoms. The fourth-order valence-corrected chi connectivity index (χ4v) is 1.89. The number of ether oxygens (including phenoxy) is 1. The second-order valence-corrected chi connectivity index (χ2v) is 6.84. The number of rotatable bonds is 6. The highest BCUT2D eigenvalue weighted by atomic mass is 35.5. The first-order valence-corrected chi connectivity index (χ1v) is 7.59. The lowest BCUT2D eigenvalue weighted by Crippen LogP contribution is -2.49. The number of hydrogen-bond donors (Lipinski definition) is 3. The zero-order valence-electron chi connectivity index (χ0n) is 14.5. The van der Waals surface area contributed by atoms with Crippen LogP contribution in [-0.2, 0) is 4.79 Å². The van der Waals surface area contributed by atoms with Crippen molar-refractivity contribution in [3.63, 3.8) is 0 Å². The van der Waals surface area contributed by atoms with E-state index in [1.54, 1.807) is 12.1 Å². The van der Waals surface area contributed by atoms with Gasteiger partial charge in [0.25, 0.3) is 0 Å². The largest absolute Gasteiger partial charge is 0.491 e. The van der Waals surface area contributed by atoms with Gasteiger partial charge in [0, 0.05) is 6.54 Å². The predicted octanol–water partition coefficient (Wildman–Crippen LogP) is 2.42. The number of nitrogens with two attached hydrogens (primary N) is 1. The molecule has 1 unspecified atom stereocenters. The van der Waals surface area contributed by atoms with Gasteiger partial charge in [-0.1, -0.05) is 32.9 Å². The minimum absolute atomic E-state index is 0. The lowest BCUT2D eigenvalue weighted by atomic mass is 9.87. The van der Waals surface area contributed by atoms with Gasteiger partial charge in [-0.15, -0.1) is 12.4 Å². The molecule has 132 valence electrons. The van der Waals surface area contributed by atoms with Crippen LogP contribution >= 0.6 is 12.4 Å². The molecule has 1 rings (SSSR count). The third-order valence-corrected chi connectivity index (χ3v) is 3.30. The summed E-state index contributed by atoms with van der Waals surface area (Å²) in [5.41, 5.74) is 6.26. The van der Waals surface area contributed by atoms with Crippen LogP contribution in [-0.4, -0.2) is 29.7 Å². The minimum atomic E-state index is -0.799. The lowest BCUT2D eigenvalue weighted by molar-refractivity contribution is -0.125. The van der Waals surface area contributed by atoms with Gasteiger partial charge in [0.15, 0.2) is 0 Å². The number of amides is 1. The van der Waals surface area contributed by atoms with Crippen LogP contribution in [0.2, 0.25) is 0 Å². The molecule has 0 aromatic heterocycles. The quantitative estimate of drug-likeness (QED) is 0.740. The van der Waals surface area contributed by atoms with Crippen molar-refractivity contribution in [3.05, 3.63) is 29.8 Å². The summed E-state index contributed by atoms with van der Waals surface area (Å²) in [4.78, 5) is 12.0. The molecule has 0 radical (unpaired) electrons. The Labute approximate surface area is 145 Å². The van der Waals surface area contributed by atoms with Gasteiger partial charge >= 0.3 is 0 Å². The first kappa shape index (κ1) is 21.7. The van der Waals surface area contributed by atoms with E-state index in [1.807, 2.05) is 46.8 Å². The molecule has 4 N–H and O–H groups in total. The second kappa shape index (κ2) is 9.11. The molecule has 6 heteroatoms. The SMILES string of the molecule is CC(C)Oc1cccc(C(O)CNC(=O)[C@@H](N)C(C)(C)C)c1.Cl. The number of benzene rings is 1. The van der Waals surface area contributed by atoms with Gasteiger partial charge in [-0.05, 0) is 37.0 Å². The van der Waals surface area contributed by atoms with Gasteiger partial charge in [0.1, 0.15) is 5.75 Å². The Balaban J connectivity index is 0.00000484. The summed E-state index contributed by atoms with van der Waals surface area (Å²) in [6.45, 7) is 9.71. The van der Waals surface area contributed by atoms with Crippen molar-refractivity contribution >= 4 is 18.3 Å². The van der Waals surface area contributed by atoms with E-state index in [4.69, 9.17) is 10.5 Å². The molecule has 0 aliphatic carbocycles. The van der Waals surface area contributed by atoms with E-state index in [1.165, 1.54) is 0 Å². The molecule has 5 nitrogen and oxygen atoms in total. The molecule has 1 aromatic carbocycles. The minimum Gasteiger partial charge on any atom is -0.491 e. The number of halogens is 1. The maximum absolute atomic E-state index is 12.0. The highest BCUT2D eigenvalue weighted by Crippen LogP contribution is 2.20. The maximum Gasteiger partial charge on any atom is 0.237 e. The highest BCUT2D eigenvalue weighted by Gasteiger charge is 2.27. The molecule has 0 bridgehead atoms. The van der Waals surface area contributed by atoms with Crippen LogP contribution in [0.1, 0.15) is 46.3 Å². The molecule has 23 heavy (non-hydrogen) atoms. The Hall–Kier alpha value is -1.30. The number of carbonyl (C=O) groups excluding carboxylic acids is 1. The Bertz CT molecular complexity index is 501. The Morgan fingerprint density at radius 1 is 1.35 bits per heavy atom. The number of aliphatic hydroxyl groups excluding tert-OH is 1. The van der Waals surface area contributed by atoms with Crippen LogP contribution in [0.25, 0.3) is 0 Å². The van der Waals surface area contributed by atoms with Gasteiger partial charge in [-0.25, -0.2) is 0 Å². The van der Waals surface area contributed by atoms with Gasteiger partial charge in [-0.3, -0.25) is 4.79 Å². The van der Waals surface area contributed by atoms with Gasteiger partial charge in [0.2, 0.25) is 5.91 Å². The molecule has 0 saturated carbocycles. The smallest absolute Gasteiger partial charge is 0.237 e. The van der Waals surface area contributed by atoms with Crippen LogP contribution in [0.5, 0.6) is 5.75 Å². The monoisotopic (exact) mass is 344 g/mol. The van der Waals surface area contributed by atoms with Crippen LogP contribution < -0.4 is 15.8 Å². The lowest BCUT2D eigenvalue weighted by Gasteiger charge is -2.26. The van der Waals surface area contributed by atoms with Crippen molar-refractivity contribution < 1.29 is 14.6 Å². The Morgan fingerprint density at radius 2 is 1.96 bits per heavy atom. The summed E-state index contributed by atoms with van der Waals surface area (Å²) in [7, 11) is 0.